The first-order valence-electron chi connectivity index (χ1n) is 9.68. The van der Waals surface area contributed by atoms with Gasteiger partial charge in [0.2, 0.25) is 0 Å². The van der Waals surface area contributed by atoms with Gasteiger partial charge in [0.25, 0.3) is 11.8 Å². The van der Waals surface area contributed by atoms with Crippen LogP contribution in [0.4, 0.5) is 0 Å². The van der Waals surface area contributed by atoms with E-state index in [1.54, 1.807) is 18.3 Å². The molecule has 1 aromatic rings. The van der Waals surface area contributed by atoms with Gasteiger partial charge in [-0.15, -0.1) is 0 Å². The Balaban J connectivity index is 2.19. The summed E-state index contributed by atoms with van der Waals surface area (Å²) < 4.78 is 0. The highest BCUT2D eigenvalue weighted by molar-refractivity contribution is 5.98. The number of carbonyl (C=O) groups is 2. The van der Waals surface area contributed by atoms with Crippen molar-refractivity contribution in [2.24, 2.45) is 0 Å². The predicted octanol–water partition coefficient (Wildman–Crippen LogP) is 3.75. The third-order valence-corrected chi connectivity index (χ3v) is 4.86. The van der Waals surface area contributed by atoms with Crippen molar-refractivity contribution in [3.63, 3.8) is 0 Å². The van der Waals surface area contributed by atoms with E-state index in [1.807, 2.05) is 9.80 Å². The number of nitrogens with zero attached hydrogens (tertiary/aromatic N) is 3. The van der Waals surface area contributed by atoms with Crippen LogP contribution in [0.2, 0.25) is 0 Å². The van der Waals surface area contributed by atoms with Gasteiger partial charge in [-0.3, -0.25) is 14.6 Å². The van der Waals surface area contributed by atoms with Crippen molar-refractivity contribution in [2.45, 2.75) is 65.3 Å². The molecule has 2 heterocycles. The summed E-state index contributed by atoms with van der Waals surface area (Å²) in [5.41, 5.74) is 0.949. The molecule has 1 aliphatic rings. The van der Waals surface area contributed by atoms with Crippen LogP contribution < -0.4 is 0 Å². The number of carbonyl (C=O) groups excluding carboxylic acids is 2. The SMILES string of the molecule is CCCN(CCC)C(=O)c1cc(C(=O)N2CCCCC2CC)ccn1. The molecule has 0 spiro atoms. The molecular weight excluding hydrogens is 314 g/mol. The number of amides is 2. The Morgan fingerprint density at radius 2 is 1.92 bits per heavy atom. The fourth-order valence-corrected chi connectivity index (χ4v) is 3.56. The molecule has 1 fully saturated rings. The van der Waals surface area contributed by atoms with Crippen LogP contribution in [0, 0.1) is 0 Å². The zero-order valence-electron chi connectivity index (χ0n) is 15.8. The third kappa shape index (κ3) is 4.80. The average molecular weight is 345 g/mol. The first kappa shape index (κ1) is 19.4. The lowest BCUT2D eigenvalue weighted by atomic mass is 9.99. The molecule has 5 nitrogen and oxygen atoms in total. The molecule has 0 aliphatic carbocycles. The maximum absolute atomic E-state index is 12.9. The Labute approximate surface area is 151 Å². The van der Waals surface area contributed by atoms with Crippen LogP contribution in [0.5, 0.6) is 0 Å². The summed E-state index contributed by atoms with van der Waals surface area (Å²) in [4.78, 5) is 33.7. The van der Waals surface area contributed by atoms with Crippen LogP contribution in [-0.2, 0) is 0 Å². The van der Waals surface area contributed by atoms with Crippen molar-refractivity contribution in [2.75, 3.05) is 19.6 Å². The zero-order valence-corrected chi connectivity index (χ0v) is 15.8. The van der Waals surface area contributed by atoms with E-state index in [-0.39, 0.29) is 11.8 Å². The smallest absolute Gasteiger partial charge is 0.272 e. The normalized spacial score (nSPS) is 17.4. The minimum absolute atomic E-state index is 0.0283. The molecule has 0 N–H and O–H groups in total. The average Bonchev–Trinajstić information content (AvgIpc) is 2.66. The predicted molar refractivity (Wildman–Crippen MR) is 99.7 cm³/mol. The summed E-state index contributed by atoms with van der Waals surface area (Å²) in [5, 5.41) is 0. The van der Waals surface area contributed by atoms with E-state index in [4.69, 9.17) is 0 Å². The second-order valence-corrected chi connectivity index (χ2v) is 6.78. The number of hydrogen-bond acceptors (Lipinski definition) is 3. The lowest BCUT2D eigenvalue weighted by Crippen LogP contribution is -2.43. The highest BCUT2D eigenvalue weighted by atomic mass is 16.2. The highest BCUT2D eigenvalue weighted by Crippen LogP contribution is 2.22. The van der Waals surface area contributed by atoms with Crippen LogP contribution in [0.15, 0.2) is 18.3 Å². The Hall–Kier alpha value is -1.91. The standard InChI is InChI=1S/C20H31N3O2/c1-4-12-22(13-5-2)20(25)18-15-16(10-11-21-18)19(24)23-14-8-7-9-17(23)6-3/h10-11,15,17H,4-9,12-14H2,1-3H3. The molecule has 1 aromatic heterocycles. The first-order valence-corrected chi connectivity index (χ1v) is 9.68. The van der Waals surface area contributed by atoms with Crippen LogP contribution in [0.3, 0.4) is 0 Å². The third-order valence-electron chi connectivity index (χ3n) is 4.86. The topological polar surface area (TPSA) is 53.5 Å². The molecule has 1 unspecified atom stereocenters. The largest absolute Gasteiger partial charge is 0.337 e. The van der Waals surface area contributed by atoms with Crippen molar-refractivity contribution < 1.29 is 9.59 Å². The number of likely N-dealkylation sites (tertiary alicyclic amines) is 1. The van der Waals surface area contributed by atoms with E-state index in [1.165, 1.54) is 6.42 Å². The maximum Gasteiger partial charge on any atom is 0.272 e. The Morgan fingerprint density at radius 3 is 2.56 bits per heavy atom. The van der Waals surface area contributed by atoms with Gasteiger partial charge >= 0.3 is 0 Å². The van der Waals surface area contributed by atoms with Gasteiger partial charge in [0, 0.05) is 37.4 Å². The minimum atomic E-state index is -0.0796. The van der Waals surface area contributed by atoms with Crippen LogP contribution in [-0.4, -0.2) is 52.3 Å². The molecule has 0 aromatic carbocycles. The van der Waals surface area contributed by atoms with Gasteiger partial charge in [-0.2, -0.15) is 0 Å². The zero-order chi connectivity index (χ0) is 18.2. The van der Waals surface area contributed by atoms with Crippen LogP contribution in [0.25, 0.3) is 0 Å². The number of pyridine rings is 1. The lowest BCUT2D eigenvalue weighted by molar-refractivity contribution is 0.0608. The number of piperidine rings is 1. The van der Waals surface area contributed by atoms with E-state index in [0.29, 0.717) is 17.3 Å². The molecule has 0 bridgehead atoms. The molecule has 2 amide bonds. The fraction of sp³-hybridized carbons (Fsp3) is 0.650. The van der Waals surface area contributed by atoms with Crippen molar-refractivity contribution >= 4 is 11.8 Å². The van der Waals surface area contributed by atoms with Gasteiger partial charge in [0.05, 0.1) is 0 Å². The highest BCUT2D eigenvalue weighted by Gasteiger charge is 2.27. The second kappa shape index (κ2) is 9.54. The molecule has 138 valence electrons. The number of rotatable bonds is 7. The molecule has 1 aliphatic heterocycles. The van der Waals surface area contributed by atoms with Crippen molar-refractivity contribution in [1.29, 1.82) is 0 Å². The second-order valence-electron chi connectivity index (χ2n) is 6.78. The summed E-state index contributed by atoms with van der Waals surface area (Å²) >= 11 is 0. The molecule has 0 saturated carbocycles. The van der Waals surface area contributed by atoms with Crippen LogP contribution in [0.1, 0.15) is 80.1 Å². The Morgan fingerprint density at radius 1 is 1.20 bits per heavy atom. The van der Waals surface area contributed by atoms with E-state index in [9.17, 15) is 9.59 Å². The molecule has 1 atom stereocenters. The van der Waals surface area contributed by atoms with E-state index < -0.39 is 0 Å². The summed E-state index contributed by atoms with van der Waals surface area (Å²) in [6.45, 7) is 8.49. The molecule has 2 rings (SSSR count). The number of hydrogen-bond donors (Lipinski definition) is 0. The molecular formula is C20H31N3O2. The van der Waals surface area contributed by atoms with E-state index in [2.05, 4.69) is 25.8 Å². The van der Waals surface area contributed by atoms with Gasteiger partial charge in [-0.05, 0) is 50.7 Å². The van der Waals surface area contributed by atoms with Gasteiger partial charge in [0.1, 0.15) is 5.69 Å². The van der Waals surface area contributed by atoms with Gasteiger partial charge in [-0.25, -0.2) is 0 Å². The maximum atomic E-state index is 12.9. The van der Waals surface area contributed by atoms with Crippen LogP contribution >= 0.6 is 0 Å². The molecule has 0 radical (unpaired) electrons. The number of aromatic nitrogens is 1. The molecule has 25 heavy (non-hydrogen) atoms. The van der Waals surface area contributed by atoms with Crippen molar-refractivity contribution in [1.82, 2.24) is 14.8 Å². The first-order chi connectivity index (χ1) is 12.1. The van der Waals surface area contributed by atoms with E-state index in [0.717, 1.165) is 51.7 Å². The summed E-state index contributed by atoms with van der Waals surface area (Å²) in [5.74, 6) is -0.0513. The van der Waals surface area contributed by atoms with Gasteiger partial charge in [-0.1, -0.05) is 20.8 Å². The summed E-state index contributed by atoms with van der Waals surface area (Å²) in [6.07, 6.45) is 7.70. The summed E-state index contributed by atoms with van der Waals surface area (Å²) in [7, 11) is 0. The van der Waals surface area contributed by atoms with Gasteiger partial charge in [0.15, 0.2) is 0 Å². The Bertz CT molecular complexity index is 582. The summed E-state index contributed by atoms with van der Waals surface area (Å²) in [6, 6.07) is 3.71. The van der Waals surface area contributed by atoms with Gasteiger partial charge < -0.3 is 9.80 Å². The van der Waals surface area contributed by atoms with Crippen molar-refractivity contribution in [3.05, 3.63) is 29.6 Å². The van der Waals surface area contributed by atoms with Crippen molar-refractivity contribution in [3.8, 4) is 0 Å². The lowest BCUT2D eigenvalue weighted by Gasteiger charge is -2.35. The molecule has 5 heteroatoms. The van der Waals surface area contributed by atoms with E-state index >= 15 is 0 Å². The minimum Gasteiger partial charge on any atom is -0.337 e. The fourth-order valence-electron chi connectivity index (χ4n) is 3.56. The Kier molecular flexibility index (Phi) is 7.41. The molecule has 1 saturated heterocycles. The quantitative estimate of drug-likeness (QED) is 0.756. The monoisotopic (exact) mass is 345 g/mol.